The van der Waals surface area contributed by atoms with Gasteiger partial charge in [0.1, 0.15) is 22.7 Å². The number of rotatable bonds is 14. The summed E-state index contributed by atoms with van der Waals surface area (Å²) >= 11 is 0. The third-order valence-electron chi connectivity index (χ3n) is 10.9. The summed E-state index contributed by atoms with van der Waals surface area (Å²) in [6, 6.07) is 32.7. The highest BCUT2D eigenvalue weighted by Gasteiger charge is 2.19. The van der Waals surface area contributed by atoms with Gasteiger partial charge in [-0.1, -0.05) is 60.7 Å². The Morgan fingerprint density at radius 2 is 0.911 bits per heavy atom. The molecular formula is C48H54N2O6. The molecule has 2 aromatic heterocycles. The van der Waals surface area contributed by atoms with Gasteiger partial charge in [0.2, 0.25) is 0 Å². The summed E-state index contributed by atoms with van der Waals surface area (Å²) in [5.41, 5.74) is 7.65. The average Bonchev–Trinajstić information content (AvgIpc) is 3.22. The zero-order valence-corrected chi connectivity index (χ0v) is 32.9. The minimum Gasteiger partial charge on any atom is -0.493 e. The molecule has 0 unspecified atom stereocenters. The van der Waals surface area contributed by atoms with Crippen LogP contribution in [-0.2, 0) is 38.8 Å². The van der Waals surface area contributed by atoms with E-state index in [1.807, 2.05) is 48.5 Å². The van der Waals surface area contributed by atoms with Gasteiger partial charge in [-0.3, -0.25) is 0 Å². The van der Waals surface area contributed by atoms with Gasteiger partial charge in [-0.2, -0.15) is 0 Å². The topological polar surface area (TPSA) is 85.4 Å². The molecular weight excluding hydrogens is 701 g/mol. The van der Waals surface area contributed by atoms with Gasteiger partial charge in [0.15, 0.2) is 0 Å². The van der Waals surface area contributed by atoms with Crippen LogP contribution >= 0.6 is 0 Å². The van der Waals surface area contributed by atoms with Crippen LogP contribution in [0.4, 0.5) is 0 Å². The second-order valence-corrected chi connectivity index (χ2v) is 15.3. The molecule has 0 N–H and O–H groups in total. The van der Waals surface area contributed by atoms with Gasteiger partial charge in [0.25, 0.3) is 0 Å². The van der Waals surface area contributed by atoms with Crippen molar-refractivity contribution in [2.75, 3.05) is 40.4 Å². The lowest BCUT2D eigenvalue weighted by molar-refractivity contribution is 0.258. The van der Waals surface area contributed by atoms with Crippen molar-refractivity contribution in [1.82, 2.24) is 9.80 Å². The van der Waals surface area contributed by atoms with Gasteiger partial charge < -0.3 is 28.1 Å². The van der Waals surface area contributed by atoms with Crippen molar-refractivity contribution >= 4 is 21.9 Å². The summed E-state index contributed by atoms with van der Waals surface area (Å²) in [5, 5.41) is 2.12. The predicted molar refractivity (Wildman–Crippen MR) is 224 cm³/mol. The number of aryl methyl sites for hydroxylation is 2. The van der Waals surface area contributed by atoms with Crippen LogP contribution in [-0.4, -0.2) is 50.2 Å². The van der Waals surface area contributed by atoms with Gasteiger partial charge in [0.05, 0.1) is 13.2 Å². The van der Waals surface area contributed by atoms with Crippen LogP contribution in [0.15, 0.2) is 115 Å². The predicted octanol–water partition coefficient (Wildman–Crippen LogP) is 9.15. The monoisotopic (exact) mass is 754 g/mol. The molecule has 2 aliphatic rings. The van der Waals surface area contributed by atoms with Crippen LogP contribution < -0.4 is 20.7 Å². The van der Waals surface area contributed by atoms with E-state index < -0.39 is 0 Å². The second-order valence-electron chi connectivity index (χ2n) is 15.3. The van der Waals surface area contributed by atoms with Crippen molar-refractivity contribution in [3.05, 3.63) is 151 Å². The van der Waals surface area contributed by atoms with Crippen molar-refractivity contribution in [3.8, 4) is 11.5 Å². The van der Waals surface area contributed by atoms with Crippen LogP contribution in [0.3, 0.4) is 0 Å². The lowest BCUT2D eigenvalue weighted by Gasteiger charge is -2.17. The Bertz CT molecular complexity index is 2150. The molecule has 8 nitrogen and oxygen atoms in total. The summed E-state index contributed by atoms with van der Waals surface area (Å²) in [5.74, 6) is 1.52. The fourth-order valence-electron chi connectivity index (χ4n) is 8.03. The third-order valence-corrected chi connectivity index (χ3v) is 10.9. The third kappa shape index (κ3) is 10.2. The molecule has 8 heteroatoms. The first-order valence-corrected chi connectivity index (χ1v) is 20.3. The molecule has 0 saturated heterocycles. The highest BCUT2D eigenvalue weighted by Crippen LogP contribution is 2.30. The Morgan fingerprint density at radius 1 is 0.518 bits per heavy atom. The number of hydrogen-bond donors (Lipinski definition) is 0. The minimum absolute atomic E-state index is 0.179. The van der Waals surface area contributed by atoms with Gasteiger partial charge >= 0.3 is 11.3 Å². The summed E-state index contributed by atoms with van der Waals surface area (Å²) in [4.78, 5) is 29.1. The Labute approximate surface area is 329 Å². The quantitative estimate of drug-likeness (QED) is 0.0805. The molecule has 56 heavy (non-hydrogen) atoms. The van der Waals surface area contributed by atoms with Crippen molar-refractivity contribution < 1.29 is 18.3 Å². The number of benzene rings is 4. The lowest BCUT2D eigenvalue weighted by atomic mass is 9.91. The van der Waals surface area contributed by atoms with Gasteiger partial charge in [-0.05, 0) is 125 Å². The maximum absolute atomic E-state index is 12.3. The fraction of sp³-hybridized carbons (Fsp3) is 0.375. The van der Waals surface area contributed by atoms with E-state index in [9.17, 15) is 9.59 Å². The number of fused-ring (bicyclic) bond motifs is 6. The zero-order chi connectivity index (χ0) is 38.7. The second kappa shape index (κ2) is 19.1. The zero-order valence-electron chi connectivity index (χ0n) is 32.9. The summed E-state index contributed by atoms with van der Waals surface area (Å²) < 4.78 is 23.0. The van der Waals surface area contributed by atoms with Crippen LogP contribution in [0, 0.1) is 0 Å². The molecule has 8 rings (SSSR count). The van der Waals surface area contributed by atoms with E-state index in [0.29, 0.717) is 24.4 Å². The molecule has 0 fully saturated rings. The Balaban J connectivity index is 0.000000172. The molecule has 6 aromatic rings. The molecule has 4 aromatic carbocycles. The van der Waals surface area contributed by atoms with E-state index in [2.05, 4.69) is 72.4 Å². The van der Waals surface area contributed by atoms with E-state index in [1.165, 1.54) is 22.3 Å². The highest BCUT2D eigenvalue weighted by atomic mass is 16.5. The maximum atomic E-state index is 12.3. The number of hydrogen-bond acceptors (Lipinski definition) is 8. The Hall–Kier alpha value is -5.18. The molecule has 2 aliphatic carbocycles. The van der Waals surface area contributed by atoms with E-state index >= 15 is 0 Å². The molecule has 0 atom stereocenters. The molecule has 292 valence electrons. The van der Waals surface area contributed by atoms with E-state index in [1.54, 1.807) is 0 Å². The van der Waals surface area contributed by atoms with E-state index in [0.717, 1.165) is 124 Å². The summed E-state index contributed by atoms with van der Waals surface area (Å²) in [7, 11) is 4.25. The maximum Gasteiger partial charge on any atom is 0.339 e. The van der Waals surface area contributed by atoms with Crippen LogP contribution in [0.5, 0.6) is 11.5 Å². The summed E-state index contributed by atoms with van der Waals surface area (Å²) in [6.07, 6.45) is 9.90. The van der Waals surface area contributed by atoms with Gasteiger partial charge in [-0.15, -0.1) is 0 Å². The SMILES string of the molecule is CN(CCCOc1ccc2c3c(c(=O)oc2c1)CCCC3)Cc1ccccc1.CN(CCCOc1ccc2c3c(c(=O)oc2c1)CCCC3)Cc1ccccc1. The molecule has 0 amide bonds. The van der Waals surface area contributed by atoms with Crippen LogP contribution in [0.1, 0.15) is 71.9 Å². The van der Waals surface area contributed by atoms with E-state index in [-0.39, 0.29) is 11.3 Å². The van der Waals surface area contributed by atoms with Gasteiger partial charge in [0, 0.05) is 60.2 Å². The van der Waals surface area contributed by atoms with Gasteiger partial charge in [-0.25, -0.2) is 9.59 Å². The minimum atomic E-state index is -0.179. The van der Waals surface area contributed by atoms with Crippen molar-refractivity contribution in [3.63, 3.8) is 0 Å². The molecule has 2 heterocycles. The van der Waals surface area contributed by atoms with Crippen LogP contribution in [0.2, 0.25) is 0 Å². The standard InChI is InChI=1S/2C24H27NO3/c2*1-25(17-18-8-3-2-4-9-18)14-7-15-27-19-12-13-21-20-10-5-6-11-22(20)24(26)28-23(21)16-19/h2*2-4,8-9,12-13,16H,5-7,10-11,14-15,17H2,1H3. The van der Waals surface area contributed by atoms with Crippen molar-refractivity contribution in [2.24, 2.45) is 0 Å². The smallest absolute Gasteiger partial charge is 0.339 e. The normalized spacial score (nSPS) is 13.6. The van der Waals surface area contributed by atoms with Crippen molar-refractivity contribution in [2.45, 2.75) is 77.3 Å². The summed E-state index contributed by atoms with van der Waals surface area (Å²) in [6.45, 7) is 5.08. The number of nitrogens with zero attached hydrogens (tertiary/aromatic N) is 2. The molecule has 0 bridgehead atoms. The Morgan fingerprint density at radius 3 is 1.32 bits per heavy atom. The van der Waals surface area contributed by atoms with E-state index in [4.69, 9.17) is 18.3 Å². The molecule has 0 aliphatic heterocycles. The molecule has 0 spiro atoms. The van der Waals surface area contributed by atoms with Crippen molar-refractivity contribution in [1.29, 1.82) is 0 Å². The average molecular weight is 755 g/mol. The van der Waals surface area contributed by atoms with Crippen LogP contribution in [0.25, 0.3) is 21.9 Å². The fourth-order valence-corrected chi connectivity index (χ4v) is 8.03. The molecule has 0 saturated carbocycles. The largest absolute Gasteiger partial charge is 0.493 e. The molecule has 0 radical (unpaired) electrons. The highest BCUT2D eigenvalue weighted by molar-refractivity contribution is 5.83. The first-order chi connectivity index (χ1) is 27.4. The Kier molecular flexibility index (Phi) is 13.3. The lowest BCUT2D eigenvalue weighted by Crippen LogP contribution is -2.20. The first kappa shape index (κ1) is 39.1. The first-order valence-electron chi connectivity index (χ1n) is 20.3. The number of ether oxygens (including phenoxy) is 2.